The SMILES string of the molecule is CC(C)C/C=C/C=C/C(=O)N(CCO)c1cc(CCC(N)=O)c(O)cc1O. The third-order valence-corrected chi connectivity index (χ3v) is 3.79. The molecule has 0 aliphatic carbocycles. The van der Waals surface area contributed by atoms with Gasteiger partial charge in [-0.1, -0.05) is 32.1 Å². The number of amides is 2. The van der Waals surface area contributed by atoms with Crippen LogP contribution in [0, 0.1) is 5.92 Å². The third kappa shape index (κ3) is 7.53. The van der Waals surface area contributed by atoms with Crippen LogP contribution in [0.15, 0.2) is 36.4 Å². The van der Waals surface area contributed by atoms with Crippen molar-refractivity contribution in [2.75, 3.05) is 18.1 Å². The Hall–Kier alpha value is -2.80. The van der Waals surface area contributed by atoms with E-state index in [0.717, 1.165) is 12.5 Å². The number of aliphatic hydroxyl groups excluding tert-OH is 1. The Morgan fingerprint density at radius 2 is 1.89 bits per heavy atom. The first-order chi connectivity index (χ1) is 12.8. The number of hydrogen-bond donors (Lipinski definition) is 4. The molecular weight excluding hydrogens is 348 g/mol. The largest absolute Gasteiger partial charge is 0.508 e. The molecule has 0 aliphatic heterocycles. The van der Waals surface area contributed by atoms with Crippen LogP contribution < -0.4 is 10.6 Å². The minimum atomic E-state index is -0.525. The first kappa shape index (κ1) is 22.2. The summed E-state index contributed by atoms with van der Waals surface area (Å²) in [5, 5.41) is 29.4. The molecule has 7 nitrogen and oxygen atoms in total. The Morgan fingerprint density at radius 1 is 1.19 bits per heavy atom. The molecule has 0 heterocycles. The fourth-order valence-corrected chi connectivity index (χ4v) is 2.39. The molecule has 0 unspecified atom stereocenters. The zero-order valence-corrected chi connectivity index (χ0v) is 15.8. The summed E-state index contributed by atoms with van der Waals surface area (Å²) in [7, 11) is 0. The zero-order chi connectivity index (χ0) is 20.4. The van der Waals surface area contributed by atoms with Gasteiger partial charge in [-0.25, -0.2) is 0 Å². The number of aromatic hydroxyl groups is 2. The Kier molecular flexibility index (Phi) is 9.08. The number of primary amides is 1. The molecule has 0 saturated carbocycles. The van der Waals surface area contributed by atoms with Crippen LogP contribution in [-0.2, 0) is 16.0 Å². The van der Waals surface area contributed by atoms with Crippen LogP contribution in [0.2, 0.25) is 0 Å². The molecule has 0 spiro atoms. The van der Waals surface area contributed by atoms with Crippen LogP contribution >= 0.6 is 0 Å². The molecule has 1 aromatic carbocycles. The Labute approximate surface area is 159 Å². The number of carbonyl (C=O) groups is 2. The Bertz CT molecular complexity index is 711. The zero-order valence-electron chi connectivity index (χ0n) is 15.8. The second-order valence-corrected chi connectivity index (χ2v) is 6.57. The van der Waals surface area contributed by atoms with Crippen LogP contribution in [0.1, 0.15) is 32.3 Å². The first-order valence-electron chi connectivity index (χ1n) is 8.85. The summed E-state index contributed by atoms with van der Waals surface area (Å²) in [6.07, 6.45) is 7.73. The average molecular weight is 376 g/mol. The topological polar surface area (TPSA) is 124 Å². The molecule has 27 heavy (non-hydrogen) atoms. The van der Waals surface area contributed by atoms with E-state index < -0.39 is 11.8 Å². The summed E-state index contributed by atoms with van der Waals surface area (Å²) in [6.45, 7) is 3.84. The number of phenolic OH excluding ortho intramolecular Hbond substituents is 2. The van der Waals surface area contributed by atoms with Crippen molar-refractivity contribution in [1.82, 2.24) is 0 Å². The predicted molar refractivity (Wildman–Crippen MR) is 104 cm³/mol. The van der Waals surface area contributed by atoms with E-state index in [1.165, 1.54) is 17.0 Å². The lowest BCUT2D eigenvalue weighted by atomic mass is 10.1. The lowest BCUT2D eigenvalue weighted by Crippen LogP contribution is -2.32. The molecule has 5 N–H and O–H groups in total. The summed E-state index contributed by atoms with van der Waals surface area (Å²) in [6, 6.07) is 2.53. The maximum atomic E-state index is 12.5. The minimum absolute atomic E-state index is 0.0201. The minimum Gasteiger partial charge on any atom is -0.508 e. The van der Waals surface area contributed by atoms with E-state index in [2.05, 4.69) is 13.8 Å². The molecule has 0 aliphatic rings. The highest BCUT2D eigenvalue weighted by Crippen LogP contribution is 2.35. The van der Waals surface area contributed by atoms with Crippen LogP contribution in [0.25, 0.3) is 0 Å². The molecule has 1 aromatic rings. The van der Waals surface area contributed by atoms with Gasteiger partial charge in [0.15, 0.2) is 0 Å². The lowest BCUT2D eigenvalue weighted by molar-refractivity contribution is -0.118. The molecule has 7 heteroatoms. The summed E-state index contributed by atoms with van der Waals surface area (Å²) < 4.78 is 0. The summed E-state index contributed by atoms with van der Waals surface area (Å²) in [5.74, 6) is -0.936. The van der Waals surface area contributed by atoms with E-state index >= 15 is 0 Å². The predicted octanol–water partition coefficient (Wildman–Crippen LogP) is 2.00. The maximum absolute atomic E-state index is 12.5. The van der Waals surface area contributed by atoms with Crippen molar-refractivity contribution in [3.8, 4) is 11.5 Å². The normalized spacial score (nSPS) is 11.6. The Morgan fingerprint density at radius 3 is 2.48 bits per heavy atom. The number of allylic oxidation sites excluding steroid dienone is 3. The molecule has 0 radical (unpaired) electrons. The highest BCUT2D eigenvalue weighted by molar-refractivity contribution is 6.02. The number of hydrogen-bond acceptors (Lipinski definition) is 5. The molecule has 0 saturated heterocycles. The molecule has 0 atom stereocenters. The van der Waals surface area contributed by atoms with Crippen LogP contribution in [0.5, 0.6) is 11.5 Å². The molecule has 1 rings (SSSR count). The van der Waals surface area contributed by atoms with Crippen LogP contribution in [0.3, 0.4) is 0 Å². The van der Waals surface area contributed by atoms with Crippen molar-refractivity contribution >= 4 is 17.5 Å². The van der Waals surface area contributed by atoms with Gasteiger partial charge in [0.1, 0.15) is 11.5 Å². The number of nitrogens with two attached hydrogens (primary N) is 1. The average Bonchev–Trinajstić information content (AvgIpc) is 2.58. The van der Waals surface area contributed by atoms with E-state index in [1.54, 1.807) is 12.2 Å². The summed E-state index contributed by atoms with van der Waals surface area (Å²) in [5.41, 5.74) is 5.64. The van der Waals surface area contributed by atoms with E-state index in [-0.39, 0.29) is 43.2 Å². The first-order valence-corrected chi connectivity index (χ1v) is 8.85. The molecule has 0 fully saturated rings. The van der Waals surface area contributed by atoms with Crippen LogP contribution in [0.4, 0.5) is 5.69 Å². The number of carbonyl (C=O) groups excluding carboxylic acids is 2. The van der Waals surface area contributed by atoms with Gasteiger partial charge in [-0.2, -0.15) is 0 Å². The second-order valence-electron chi connectivity index (χ2n) is 6.57. The van der Waals surface area contributed by atoms with Crippen molar-refractivity contribution in [3.63, 3.8) is 0 Å². The molecule has 0 aromatic heterocycles. The summed E-state index contributed by atoms with van der Waals surface area (Å²) in [4.78, 5) is 24.7. The molecule has 2 amide bonds. The lowest BCUT2D eigenvalue weighted by Gasteiger charge is -2.22. The number of anilines is 1. The van der Waals surface area contributed by atoms with E-state index in [0.29, 0.717) is 11.5 Å². The second kappa shape index (κ2) is 11.0. The van der Waals surface area contributed by atoms with Gasteiger partial charge >= 0.3 is 0 Å². The van der Waals surface area contributed by atoms with Crippen molar-refractivity contribution in [2.45, 2.75) is 33.1 Å². The number of rotatable bonds is 10. The van der Waals surface area contributed by atoms with E-state index in [9.17, 15) is 24.9 Å². The van der Waals surface area contributed by atoms with Gasteiger partial charge in [0.05, 0.1) is 12.3 Å². The highest BCUT2D eigenvalue weighted by Gasteiger charge is 2.19. The van der Waals surface area contributed by atoms with Crippen molar-refractivity contribution in [3.05, 3.63) is 42.0 Å². The number of nitrogens with zero attached hydrogens (tertiary/aromatic N) is 1. The van der Waals surface area contributed by atoms with Gasteiger partial charge in [-0.05, 0) is 30.4 Å². The molecule has 0 bridgehead atoms. The maximum Gasteiger partial charge on any atom is 0.251 e. The van der Waals surface area contributed by atoms with Gasteiger partial charge in [0, 0.05) is 25.1 Å². The molecule has 148 valence electrons. The monoisotopic (exact) mass is 376 g/mol. The van der Waals surface area contributed by atoms with E-state index in [4.69, 9.17) is 5.73 Å². The summed E-state index contributed by atoms with van der Waals surface area (Å²) >= 11 is 0. The standard InChI is InChI=1S/C20H28N2O5/c1-14(2)6-4-3-5-7-20(27)22(10-11-23)16-12-15(8-9-19(21)26)17(24)13-18(16)25/h3-5,7,12-14,23-25H,6,8-11H2,1-2H3,(H2,21,26)/b4-3+,7-5+. The van der Waals surface area contributed by atoms with Crippen molar-refractivity contribution in [1.29, 1.82) is 0 Å². The van der Waals surface area contributed by atoms with Gasteiger partial charge in [-0.15, -0.1) is 0 Å². The smallest absolute Gasteiger partial charge is 0.251 e. The van der Waals surface area contributed by atoms with Crippen molar-refractivity contribution < 1.29 is 24.9 Å². The Balaban J connectivity index is 3.05. The van der Waals surface area contributed by atoms with Gasteiger partial charge < -0.3 is 26.0 Å². The van der Waals surface area contributed by atoms with Crippen molar-refractivity contribution in [2.24, 2.45) is 11.7 Å². The fraction of sp³-hybridized carbons (Fsp3) is 0.400. The van der Waals surface area contributed by atoms with Gasteiger partial charge in [0.25, 0.3) is 5.91 Å². The van der Waals surface area contributed by atoms with Gasteiger partial charge in [-0.3, -0.25) is 9.59 Å². The number of phenols is 2. The fourth-order valence-electron chi connectivity index (χ4n) is 2.39. The number of aliphatic hydroxyl groups is 1. The van der Waals surface area contributed by atoms with E-state index in [1.807, 2.05) is 6.08 Å². The third-order valence-electron chi connectivity index (χ3n) is 3.79. The number of aryl methyl sites for hydroxylation is 1. The quantitative estimate of drug-likeness (QED) is 0.367. The molecular formula is C20H28N2O5. The van der Waals surface area contributed by atoms with Crippen LogP contribution in [-0.4, -0.2) is 40.3 Å². The highest BCUT2D eigenvalue weighted by atomic mass is 16.3. The number of benzene rings is 1. The van der Waals surface area contributed by atoms with Gasteiger partial charge in [0.2, 0.25) is 5.91 Å².